The first-order chi connectivity index (χ1) is 8.62. The normalized spacial score (nSPS) is 10.2. The number of benzene rings is 1. The number of nitrogens with two attached hydrogens (primary N) is 1. The molecule has 0 aromatic heterocycles. The van der Waals surface area contributed by atoms with Gasteiger partial charge in [0.05, 0.1) is 0 Å². The molecule has 0 aliphatic rings. The van der Waals surface area contributed by atoms with Gasteiger partial charge in [-0.25, -0.2) is 5.84 Å². The molecule has 0 saturated carbocycles. The van der Waals surface area contributed by atoms with Gasteiger partial charge in [-0.2, -0.15) is 0 Å². The van der Waals surface area contributed by atoms with Crippen molar-refractivity contribution in [2.24, 2.45) is 5.84 Å². The van der Waals surface area contributed by atoms with Crippen LogP contribution in [0.25, 0.3) is 0 Å². The molecule has 0 saturated heterocycles. The van der Waals surface area contributed by atoms with Gasteiger partial charge in [0.25, 0.3) is 0 Å². The predicted molar refractivity (Wildman–Crippen MR) is 71.1 cm³/mol. The number of hydrogen-bond acceptors (Lipinski definition) is 3. The monoisotopic (exact) mass is 248 g/mol. The smallest absolute Gasteiger partial charge is 0.234 e. The summed E-state index contributed by atoms with van der Waals surface area (Å²) in [6, 6.07) is 5.84. The van der Waals surface area contributed by atoms with Crippen molar-refractivity contribution in [1.29, 1.82) is 0 Å². The van der Waals surface area contributed by atoms with Crippen LogP contribution in [0.4, 0.5) is 0 Å². The van der Waals surface area contributed by atoms with E-state index in [4.69, 9.17) is 5.84 Å². The lowest BCUT2D eigenvalue weighted by atomic mass is 9.96. The van der Waals surface area contributed by atoms with E-state index in [1.807, 2.05) is 32.0 Å². The van der Waals surface area contributed by atoms with Gasteiger partial charge in [0.1, 0.15) is 0 Å². The van der Waals surface area contributed by atoms with Crippen molar-refractivity contribution < 1.29 is 9.59 Å². The topological polar surface area (TPSA) is 72.2 Å². The lowest BCUT2D eigenvalue weighted by Gasteiger charge is -2.09. The van der Waals surface area contributed by atoms with Crippen molar-refractivity contribution >= 4 is 11.7 Å². The number of rotatable bonds is 6. The molecule has 1 amide bonds. The Hall–Kier alpha value is -1.68. The van der Waals surface area contributed by atoms with Gasteiger partial charge in [-0.3, -0.25) is 15.0 Å². The number of carbonyl (C=O) groups excluding carboxylic acids is 2. The largest absolute Gasteiger partial charge is 0.294 e. The van der Waals surface area contributed by atoms with Crippen LogP contribution in [0.5, 0.6) is 0 Å². The van der Waals surface area contributed by atoms with Crippen LogP contribution in [0, 0.1) is 0 Å². The van der Waals surface area contributed by atoms with Gasteiger partial charge in [-0.1, -0.05) is 26.0 Å². The summed E-state index contributed by atoms with van der Waals surface area (Å²) in [5, 5.41) is 0. The summed E-state index contributed by atoms with van der Waals surface area (Å²) >= 11 is 0. The highest BCUT2D eigenvalue weighted by Crippen LogP contribution is 2.16. The predicted octanol–water partition coefficient (Wildman–Crippen LogP) is 1.76. The Bertz CT molecular complexity index is 441. The standard InChI is InChI=1S/C14H20N2O2/c1-3-11-7-5-10(6-8-14(18)16-15)9-12(11)13(17)4-2/h5,7,9H,3-4,6,8,15H2,1-2H3,(H,16,18). The third-order valence-electron chi connectivity index (χ3n) is 2.98. The van der Waals surface area contributed by atoms with E-state index < -0.39 is 0 Å². The van der Waals surface area contributed by atoms with Crippen molar-refractivity contribution in [3.8, 4) is 0 Å². The van der Waals surface area contributed by atoms with Gasteiger partial charge >= 0.3 is 0 Å². The first kappa shape index (κ1) is 14.4. The SMILES string of the molecule is CCC(=O)c1cc(CCC(=O)NN)ccc1CC. The zero-order valence-electron chi connectivity index (χ0n) is 11.0. The van der Waals surface area contributed by atoms with Crippen LogP contribution >= 0.6 is 0 Å². The third-order valence-corrected chi connectivity index (χ3v) is 2.98. The van der Waals surface area contributed by atoms with Crippen LogP contribution in [-0.2, 0) is 17.6 Å². The quantitative estimate of drug-likeness (QED) is 0.349. The van der Waals surface area contributed by atoms with E-state index in [9.17, 15) is 9.59 Å². The highest BCUT2D eigenvalue weighted by Gasteiger charge is 2.10. The van der Waals surface area contributed by atoms with Crippen molar-refractivity contribution in [3.63, 3.8) is 0 Å². The molecule has 0 radical (unpaired) electrons. The van der Waals surface area contributed by atoms with Crippen molar-refractivity contribution in [2.45, 2.75) is 39.5 Å². The zero-order chi connectivity index (χ0) is 13.5. The number of carbonyl (C=O) groups is 2. The van der Waals surface area contributed by atoms with Gasteiger partial charge in [0.2, 0.25) is 5.91 Å². The van der Waals surface area contributed by atoms with Gasteiger partial charge in [-0.05, 0) is 30.0 Å². The molecule has 4 nitrogen and oxygen atoms in total. The molecule has 0 unspecified atom stereocenters. The van der Waals surface area contributed by atoms with Gasteiger partial charge in [0, 0.05) is 18.4 Å². The highest BCUT2D eigenvalue weighted by molar-refractivity contribution is 5.97. The van der Waals surface area contributed by atoms with E-state index in [-0.39, 0.29) is 11.7 Å². The van der Waals surface area contributed by atoms with E-state index in [1.54, 1.807) is 0 Å². The maximum Gasteiger partial charge on any atom is 0.234 e. The van der Waals surface area contributed by atoms with Crippen LogP contribution in [0.2, 0.25) is 0 Å². The average molecular weight is 248 g/mol. The molecule has 0 aliphatic heterocycles. The van der Waals surface area contributed by atoms with Gasteiger partial charge < -0.3 is 0 Å². The molecule has 0 spiro atoms. The average Bonchev–Trinajstić information content (AvgIpc) is 2.43. The molecule has 1 rings (SSSR count). The summed E-state index contributed by atoms with van der Waals surface area (Å²) in [7, 11) is 0. The van der Waals surface area contributed by atoms with Gasteiger partial charge in [0.15, 0.2) is 5.78 Å². The first-order valence-corrected chi connectivity index (χ1v) is 6.26. The number of hydrogen-bond donors (Lipinski definition) is 2. The highest BCUT2D eigenvalue weighted by atomic mass is 16.2. The Kier molecular flexibility index (Phi) is 5.52. The van der Waals surface area contributed by atoms with Crippen LogP contribution in [0.1, 0.15) is 48.2 Å². The molecule has 0 atom stereocenters. The summed E-state index contributed by atoms with van der Waals surface area (Å²) in [4.78, 5) is 22.9. The zero-order valence-corrected chi connectivity index (χ0v) is 11.0. The number of nitrogens with one attached hydrogen (secondary N) is 1. The van der Waals surface area contributed by atoms with Crippen molar-refractivity contribution in [2.75, 3.05) is 0 Å². The second kappa shape index (κ2) is 6.91. The number of aryl methyl sites for hydroxylation is 2. The molecule has 0 fully saturated rings. The summed E-state index contributed by atoms with van der Waals surface area (Å²) < 4.78 is 0. The van der Waals surface area contributed by atoms with Crippen LogP contribution in [0.3, 0.4) is 0 Å². The Morgan fingerprint density at radius 2 is 2.00 bits per heavy atom. The maximum atomic E-state index is 11.8. The Balaban J connectivity index is 2.89. The third kappa shape index (κ3) is 3.67. The fourth-order valence-corrected chi connectivity index (χ4v) is 1.87. The second-order valence-corrected chi connectivity index (χ2v) is 4.19. The molecule has 1 aromatic rings. The summed E-state index contributed by atoms with van der Waals surface area (Å²) in [5.74, 6) is 4.98. The first-order valence-electron chi connectivity index (χ1n) is 6.26. The molecule has 18 heavy (non-hydrogen) atoms. The fraction of sp³-hybridized carbons (Fsp3) is 0.429. The van der Waals surface area contributed by atoms with E-state index >= 15 is 0 Å². The minimum Gasteiger partial charge on any atom is -0.294 e. The van der Waals surface area contributed by atoms with Crippen LogP contribution in [-0.4, -0.2) is 11.7 Å². The van der Waals surface area contributed by atoms with E-state index in [2.05, 4.69) is 5.43 Å². The van der Waals surface area contributed by atoms with Crippen LogP contribution < -0.4 is 11.3 Å². The Morgan fingerprint density at radius 3 is 2.56 bits per heavy atom. The molecule has 0 bridgehead atoms. The number of amides is 1. The maximum absolute atomic E-state index is 11.8. The Labute approximate surface area is 108 Å². The molecular weight excluding hydrogens is 228 g/mol. The number of hydrazine groups is 1. The second-order valence-electron chi connectivity index (χ2n) is 4.19. The lowest BCUT2D eigenvalue weighted by molar-refractivity contribution is -0.121. The molecule has 3 N–H and O–H groups in total. The fourth-order valence-electron chi connectivity index (χ4n) is 1.87. The van der Waals surface area contributed by atoms with Crippen LogP contribution in [0.15, 0.2) is 18.2 Å². The molecular formula is C14H20N2O2. The summed E-state index contributed by atoms with van der Waals surface area (Å²) in [6.45, 7) is 3.89. The molecule has 4 heteroatoms. The summed E-state index contributed by atoms with van der Waals surface area (Å²) in [5.41, 5.74) is 4.94. The molecule has 98 valence electrons. The molecule has 0 aliphatic carbocycles. The van der Waals surface area contributed by atoms with Crippen molar-refractivity contribution in [1.82, 2.24) is 5.43 Å². The van der Waals surface area contributed by atoms with Gasteiger partial charge in [-0.15, -0.1) is 0 Å². The summed E-state index contributed by atoms with van der Waals surface area (Å²) in [6.07, 6.45) is 2.27. The Morgan fingerprint density at radius 1 is 1.28 bits per heavy atom. The van der Waals surface area contributed by atoms with Crippen molar-refractivity contribution in [3.05, 3.63) is 34.9 Å². The number of ketones is 1. The molecule has 1 aromatic carbocycles. The lowest BCUT2D eigenvalue weighted by Crippen LogP contribution is -2.30. The molecule has 0 heterocycles. The van der Waals surface area contributed by atoms with E-state index in [1.165, 1.54) is 0 Å². The van der Waals surface area contributed by atoms with E-state index in [0.29, 0.717) is 19.3 Å². The van der Waals surface area contributed by atoms with E-state index in [0.717, 1.165) is 23.1 Å². The minimum atomic E-state index is -0.196. The minimum absolute atomic E-state index is 0.150. The number of Topliss-reactive ketones (excluding diaryl/α,β-unsaturated/α-hetero) is 1.